The third-order valence-electron chi connectivity index (χ3n) is 5.15. The van der Waals surface area contributed by atoms with Crippen LogP contribution in [0.4, 0.5) is 15.9 Å². The second kappa shape index (κ2) is 9.95. The Morgan fingerprint density at radius 3 is 2.44 bits per heavy atom. The lowest BCUT2D eigenvalue weighted by Crippen LogP contribution is -2.42. The van der Waals surface area contributed by atoms with Crippen LogP contribution in [0.15, 0.2) is 64.2 Å². The number of rotatable bonds is 8. The third-order valence-corrected chi connectivity index (χ3v) is 5.15. The van der Waals surface area contributed by atoms with Crippen molar-refractivity contribution < 1.29 is 9.18 Å². The van der Waals surface area contributed by atoms with E-state index in [1.807, 2.05) is 37.3 Å². The van der Waals surface area contributed by atoms with Crippen LogP contribution in [-0.2, 0) is 17.9 Å². The van der Waals surface area contributed by atoms with Gasteiger partial charge in [-0.1, -0.05) is 42.5 Å². The number of aromatic amines is 1. The molecule has 0 bridgehead atoms. The topological polar surface area (TPSA) is 104 Å². The van der Waals surface area contributed by atoms with Gasteiger partial charge in [0.05, 0.1) is 13.1 Å². The summed E-state index contributed by atoms with van der Waals surface area (Å²) >= 11 is 0. The number of carbonyl (C=O) groups is 1. The first-order valence-corrected chi connectivity index (χ1v) is 10.2. The van der Waals surface area contributed by atoms with Gasteiger partial charge in [-0.05, 0) is 30.2 Å². The first-order valence-electron chi connectivity index (χ1n) is 10.2. The number of aromatic nitrogens is 2. The van der Waals surface area contributed by atoms with Gasteiger partial charge < -0.3 is 15.5 Å². The van der Waals surface area contributed by atoms with Crippen LogP contribution in [0.1, 0.15) is 18.1 Å². The number of H-pyrrole nitrogens is 1. The second-order valence-electron chi connectivity index (χ2n) is 7.46. The number of amides is 1. The van der Waals surface area contributed by atoms with Crippen molar-refractivity contribution >= 4 is 17.4 Å². The summed E-state index contributed by atoms with van der Waals surface area (Å²) in [5.74, 6) is -0.659. The number of hydrogen-bond donors (Lipinski definition) is 2. The fourth-order valence-corrected chi connectivity index (χ4v) is 3.48. The number of likely N-dealkylation sites (N-methyl/N-ethyl adjacent to an activating group) is 2. The Bertz CT molecular complexity index is 1210. The number of hydrogen-bond acceptors (Lipinski definition) is 5. The summed E-state index contributed by atoms with van der Waals surface area (Å²) in [6, 6.07) is 15.3. The Hall–Kier alpha value is -3.88. The van der Waals surface area contributed by atoms with Gasteiger partial charge in [-0.2, -0.15) is 0 Å². The quantitative estimate of drug-likeness (QED) is 0.557. The molecule has 0 aliphatic rings. The molecule has 9 heteroatoms. The molecule has 2 aromatic carbocycles. The Labute approximate surface area is 184 Å². The number of nitrogen functional groups attached to an aromatic ring is 1. The van der Waals surface area contributed by atoms with Gasteiger partial charge in [-0.15, -0.1) is 0 Å². The standard InChI is InChI=1S/C23H26FN5O3/c1-3-28(13-17-10-7-11-18(24)12-17)19(30)15-27(2)20-21(25)29(23(32)26-22(20)31)14-16-8-5-4-6-9-16/h4-12H,3,13-15,25H2,1-2H3,(H,26,31,32). The summed E-state index contributed by atoms with van der Waals surface area (Å²) in [5, 5.41) is 0. The van der Waals surface area contributed by atoms with Crippen LogP contribution in [0.5, 0.6) is 0 Å². The lowest BCUT2D eigenvalue weighted by Gasteiger charge is -2.26. The molecule has 0 saturated carbocycles. The van der Waals surface area contributed by atoms with Crippen molar-refractivity contribution in [3.63, 3.8) is 0 Å². The zero-order valence-corrected chi connectivity index (χ0v) is 18.0. The largest absolute Gasteiger partial charge is 0.383 e. The molecule has 0 saturated heterocycles. The molecule has 3 N–H and O–H groups in total. The Morgan fingerprint density at radius 2 is 1.78 bits per heavy atom. The average Bonchev–Trinajstić information content (AvgIpc) is 2.75. The zero-order valence-electron chi connectivity index (χ0n) is 18.0. The summed E-state index contributed by atoms with van der Waals surface area (Å²) in [5.41, 5.74) is 6.44. The van der Waals surface area contributed by atoms with E-state index in [0.29, 0.717) is 12.1 Å². The van der Waals surface area contributed by atoms with Gasteiger partial charge in [0, 0.05) is 20.1 Å². The Kier molecular flexibility index (Phi) is 7.09. The van der Waals surface area contributed by atoms with Gasteiger partial charge in [-0.25, -0.2) is 9.18 Å². The first-order chi connectivity index (χ1) is 15.3. The monoisotopic (exact) mass is 439 g/mol. The molecule has 0 aliphatic heterocycles. The molecule has 1 heterocycles. The highest BCUT2D eigenvalue weighted by atomic mass is 19.1. The van der Waals surface area contributed by atoms with E-state index < -0.39 is 11.2 Å². The third kappa shape index (κ3) is 5.23. The molecular weight excluding hydrogens is 413 g/mol. The van der Waals surface area contributed by atoms with Crippen molar-refractivity contribution in [1.82, 2.24) is 14.5 Å². The molecule has 1 aromatic heterocycles. The first kappa shape index (κ1) is 22.8. The van der Waals surface area contributed by atoms with Crippen LogP contribution in [0.2, 0.25) is 0 Å². The van der Waals surface area contributed by atoms with E-state index in [2.05, 4.69) is 4.98 Å². The highest BCUT2D eigenvalue weighted by Crippen LogP contribution is 2.17. The van der Waals surface area contributed by atoms with E-state index in [1.54, 1.807) is 24.1 Å². The highest BCUT2D eigenvalue weighted by Gasteiger charge is 2.21. The molecule has 0 aliphatic carbocycles. The van der Waals surface area contributed by atoms with Crippen LogP contribution in [0.3, 0.4) is 0 Å². The highest BCUT2D eigenvalue weighted by molar-refractivity contribution is 5.82. The van der Waals surface area contributed by atoms with Crippen molar-refractivity contribution in [2.45, 2.75) is 20.0 Å². The minimum absolute atomic E-state index is 0.0221. The van der Waals surface area contributed by atoms with Crippen LogP contribution in [0.25, 0.3) is 0 Å². The molecule has 0 spiro atoms. The zero-order chi connectivity index (χ0) is 23.3. The van der Waals surface area contributed by atoms with E-state index in [0.717, 1.165) is 5.56 Å². The molecule has 32 heavy (non-hydrogen) atoms. The maximum Gasteiger partial charge on any atom is 0.330 e. The summed E-state index contributed by atoms with van der Waals surface area (Å²) in [6.07, 6.45) is 0. The number of benzene rings is 2. The predicted molar refractivity (Wildman–Crippen MR) is 122 cm³/mol. The Morgan fingerprint density at radius 1 is 1.09 bits per heavy atom. The van der Waals surface area contributed by atoms with Gasteiger partial charge in [0.1, 0.15) is 17.3 Å². The number of halogens is 1. The van der Waals surface area contributed by atoms with Crippen LogP contribution < -0.4 is 21.9 Å². The lowest BCUT2D eigenvalue weighted by atomic mass is 10.2. The molecule has 0 unspecified atom stereocenters. The SMILES string of the molecule is CCN(Cc1cccc(F)c1)C(=O)CN(C)c1c(N)n(Cc2ccccc2)c(=O)[nH]c1=O. The second-order valence-corrected chi connectivity index (χ2v) is 7.46. The normalized spacial score (nSPS) is 10.7. The van der Waals surface area contributed by atoms with Gasteiger partial charge in [0.2, 0.25) is 5.91 Å². The Balaban J connectivity index is 1.82. The lowest BCUT2D eigenvalue weighted by molar-refractivity contribution is -0.130. The minimum atomic E-state index is -0.666. The van der Waals surface area contributed by atoms with Crippen molar-refractivity contribution in [2.24, 2.45) is 0 Å². The number of anilines is 2. The molecule has 8 nitrogen and oxygen atoms in total. The minimum Gasteiger partial charge on any atom is -0.383 e. The van der Waals surface area contributed by atoms with Gasteiger partial charge in [0.15, 0.2) is 0 Å². The van der Waals surface area contributed by atoms with E-state index in [1.165, 1.54) is 21.6 Å². The van der Waals surface area contributed by atoms with Gasteiger partial charge in [0.25, 0.3) is 5.56 Å². The number of nitrogens with two attached hydrogens (primary N) is 1. The maximum absolute atomic E-state index is 13.5. The van der Waals surface area contributed by atoms with Crippen LogP contribution >= 0.6 is 0 Å². The van der Waals surface area contributed by atoms with E-state index >= 15 is 0 Å². The molecule has 1 amide bonds. The van der Waals surface area contributed by atoms with Gasteiger partial charge in [-0.3, -0.25) is 19.1 Å². The summed E-state index contributed by atoms with van der Waals surface area (Å²) in [4.78, 5) is 43.0. The number of nitrogens with zero attached hydrogens (tertiary/aromatic N) is 3. The summed E-state index contributed by atoms with van der Waals surface area (Å²) < 4.78 is 14.7. The molecule has 0 radical (unpaired) electrons. The fourth-order valence-electron chi connectivity index (χ4n) is 3.48. The number of nitrogens with one attached hydrogen (secondary N) is 1. The van der Waals surface area contributed by atoms with E-state index in [9.17, 15) is 18.8 Å². The molecule has 0 fully saturated rings. The average molecular weight is 439 g/mol. The summed E-state index contributed by atoms with van der Waals surface area (Å²) in [7, 11) is 1.56. The van der Waals surface area contributed by atoms with Crippen molar-refractivity contribution in [2.75, 3.05) is 30.8 Å². The molecule has 168 valence electrons. The molecule has 0 atom stereocenters. The maximum atomic E-state index is 13.5. The van der Waals surface area contributed by atoms with Gasteiger partial charge >= 0.3 is 5.69 Å². The van der Waals surface area contributed by atoms with Crippen molar-refractivity contribution in [1.29, 1.82) is 0 Å². The van der Waals surface area contributed by atoms with Crippen molar-refractivity contribution in [3.8, 4) is 0 Å². The fraction of sp³-hybridized carbons (Fsp3) is 0.261. The smallest absolute Gasteiger partial charge is 0.330 e. The summed E-state index contributed by atoms with van der Waals surface area (Å²) in [6.45, 7) is 2.50. The van der Waals surface area contributed by atoms with Crippen molar-refractivity contribution in [3.05, 3.63) is 92.4 Å². The van der Waals surface area contributed by atoms with E-state index in [-0.39, 0.29) is 42.9 Å². The molecule has 3 rings (SSSR count). The van der Waals surface area contributed by atoms with Crippen LogP contribution in [-0.4, -0.2) is 40.5 Å². The molecule has 3 aromatic rings. The molecular formula is C23H26FN5O3. The number of carbonyl (C=O) groups excluding carboxylic acids is 1. The van der Waals surface area contributed by atoms with E-state index in [4.69, 9.17) is 5.73 Å². The van der Waals surface area contributed by atoms with Crippen LogP contribution in [0, 0.1) is 5.82 Å². The predicted octanol–water partition coefficient (Wildman–Crippen LogP) is 1.79.